The molecule has 8 heteroatoms. The molecule has 0 bridgehead atoms. The summed E-state index contributed by atoms with van der Waals surface area (Å²) >= 11 is 12.9. The van der Waals surface area contributed by atoms with Crippen molar-refractivity contribution < 1.29 is 19.1 Å². The Kier molecular flexibility index (Phi) is 10.7. The number of rotatable bonds is 12. The Hall–Kier alpha value is -3.22. The van der Waals surface area contributed by atoms with E-state index in [9.17, 15) is 9.59 Å². The molecule has 0 aromatic heterocycles. The molecule has 0 radical (unpaired) electrons. The third-order valence-electron chi connectivity index (χ3n) is 6.08. The summed E-state index contributed by atoms with van der Waals surface area (Å²) in [4.78, 5) is 28.7. The molecule has 37 heavy (non-hydrogen) atoms. The van der Waals surface area contributed by atoms with Crippen LogP contribution in [0.2, 0.25) is 10.0 Å². The number of nitrogens with zero attached hydrogens (tertiary/aromatic N) is 1. The van der Waals surface area contributed by atoms with Gasteiger partial charge in [-0.3, -0.25) is 9.59 Å². The predicted molar refractivity (Wildman–Crippen MR) is 147 cm³/mol. The van der Waals surface area contributed by atoms with Crippen LogP contribution in [0.15, 0.2) is 72.8 Å². The molecule has 2 atom stereocenters. The van der Waals surface area contributed by atoms with Gasteiger partial charge in [-0.1, -0.05) is 66.5 Å². The summed E-state index contributed by atoms with van der Waals surface area (Å²) in [6.45, 7) is 3.71. The van der Waals surface area contributed by atoms with Crippen LogP contribution in [-0.4, -0.2) is 42.5 Å². The maximum absolute atomic E-state index is 13.7. The van der Waals surface area contributed by atoms with Gasteiger partial charge in [0.15, 0.2) is 6.61 Å². The van der Waals surface area contributed by atoms with Gasteiger partial charge in [0, 0.05) is 34.6 Å². The highest BCUT2D eigenvalue weighted by Crippen LogP contribution is 2.27. The van der Waals surface area contributed by atoms with Crippen LogP contribution in [0.25, 0.3) is 0 Å². The quantitative estimate of drug-likeness (QED) is 0.307. The Labute approximate surface area is 228 Å². The molecule has 0 saturated heterocycles. The first kappa shape index (κ1) is 28.4. The molecule has 6 nitrogen and oxygen atoms in total. The molecule has 0 aliphatic carbocycles. The van der Waals surface area contributed by atoms with Crippen molar-refractivity contribution in [3.05, 3.63) is 94.0 Å². The SMILES string of the molecule is CC[C@H](C)NC(=O)[C@H](Cc1ccccc1)N(Cc1c(Cl)cccc1Cl)C(=O)COc1ccc(OC)cc1. The number of carbonyl (C=O) groups is 2. The van der Waals surface area contributed by atoms with Crippen molar-refractivity contribution in [2.45, 2.75) is 45.3 Å². The monoisotopic (exact) mass is 542 g/mol. The van der Waals surface area contributed by atoms with E-state index < -0.39 is 6.04 Å². The number of halogens is 2. The van der Waals surface area contributed by atoms with Crippen LogP contribution < -0.4 is 14.8 Å². The Morgan fingerprint density at radius 3 is 2.14 bits per heavy atom. The van der Waals surface area contributed by atoms with E-state index >= 15 is 0 Å². The van der Waals surface area contributed by atoms with Crippen molar-refractivity contribution in [1.82, 2.24) is 10.2 Å². The number of hydrogen-bond donors (Lipinski definition) is 1. The van der Waals surface area contributed by atoms with E-state index in [1.807, 2.05) is 44.2 Å². The highest BCUT2D eigenvalue weighted by Gasteiger charge is 2.32. The van der Waals surface area contributed by atoms with Gasteiger partial charge in [0.2, 0.25) is 5.91 Å². The average molecular weight is 543 g/mol. The summed E-state index contributed by atoms with van der Waals surface area (Å²) in [6.07, 6.45) is 1.08. The molecular weight excluding hydrogens is 511 g/mol. The molecule has 0 fully saturated rings. The topological polar surface area (TPSA) is 67.9 Å². The number of amides is 2. The van der Waals surface area contributed by atoms with Crippen molar-refractivity contribution in [2.24, 2.45) is 0 Å². The lowest BCUT2D eigenvalue weighted by molar-refractivity contribution is -0.143. The van der Waals surface area contributed by atoms with Gasteiger partial charge in [0.25, 0.3) is 5.91 Å². The number of nitrogens with one attached hydrogen (secondary N) is 1. The summed E-state index contributed by atoms with van der Waals surface area (Å²) in [6, 6.07) is 20.8. The number of benzene rings is 3. The standard InChI is InChI=1S/C29H32Cl2N2O4/c1-4-20(2)32-29(35)27(17-21-9-6-5-7-10-21)33(18-24-25(30)11-8-12-26(24)31)28(34)19-37-23-15-13-22(36-3)14-16-23/h5-16,20,27H,4,17-19H2,1-3H3,(H,32,35)/t20-,27-/m0/s1. The Morgan fingerprint density at radius 2 is 1.54 bits per heavy atom. The van der Waals surface area contributed by atoms with Crippen molar-refractivity contribution in [1.29, 1.82) is 0 Å². The van der Waals surface area contributed by atoms with Crippen molar-refractivity contribution in [2.75, 3.05) is 13.7 Å². The van der Waals surface area contributed by atoms with Gasteiger partial charge in [-0.15, -0.1) is 0 Å². The second-order valence-corrected chi connectivity index (χ2v) is 9.52. The molecule has 3 aromatic rings. The van der Waals surface area contributed by atoms with E-state index in [4.69, 9.17) is 32.7 Å². The van der Waals surface area contributed by atoms with Crippen LogP contribution in [0.3, 0.4) is 0 Å². The lowest BCUT2D eigenvalue weighted by Crippen LogP contribution is -2.53. The normalized spacial score (nSPS) is 12.4. The first-order valence-electron chi connectivity index (χ1n) is 12.2. The minimum atomic E-state index is -0.810. The molecule has 3 rings (SSSR count). The summed E-state index contributed by atoms with van der Waals surface area (Å²) in [5.74, 6) is 0.568. The molecule has 0 aliphatic rings. The summed E-state index contributed by atoms with van der Waals surface area (Å²) in [7, 11) is 1.58. The maximum atomic E-state index is 13.7. The highest BCUT2D eigenvalue weighted by molar-refractivity contribution is 6.36. The molecule has 0 spiro atoms. The van der Waals surface area contributed by atoms with Crippen molar-refractivity contribution in [3.8, 4) is 11.5 Å². The fourth-order valence-corrected chi connectivity index (χ4v) is 4.27. The van der Waals surface area contributed by atoms with E-state index in [0.29, 0.717) is 33.5 Å². The minimum Gasteiger partial charge on any atom is -0.497 e. The van der Waals surface area contributed by atoms with Gasteiger partial charge in [0.05, 0.1) is 7.11 Å². The summed E-state index contributed by atoms with van der Waals surface area (Å²) in [5, 5.41) is 3.87. The Morgan fingerprint density at radius 1 is 0.919 bits per heavy atom. The molecule has 0 heterocycles. The highest BCUT2D eigenvalue weighted by atomic mass is 35.5. The van der Waals surface area contributed by atoms with Gasteiger partial charge in [-0.2, -0.15) is 0 Å². The van der Waals surface area contributed by atoms with Crippen LogP contribution in [0, 0.1) is 0 Å². The zero-order valence-corrected chi connectivity index (χ0v) is 22.8. The number of ether oxygens (including phenoxy) is 2. The van der Waals surface area contributed by atoms with Crippen LogP contribution in [0.5, 0.6) is 11.5 Å². The molecule has 0 saturated carbocycles. The largest absolute Gasteiger partial charge is 0.497 e. The smallest absolute Gasteiger partial charge is 0.261 e. The molecule has 0 aliphatic heterocycles. The number of carbonyl (C=O) groups excluding carboxylic acids is 2. The zero-order chi connectivity index (χ0) is 26.8. The van der Waals surface area contributed by atoms with Crippen LogP contribution in [-0.2, 0) is 22.6 Å². The molecule has 1 N–H and O–H groups in total. The third-order valence-corrected chi connectivity index (χ3v) is 6.79. The predicted octanol–water partition coefficient (Wildman–Crippen LogP) is 5.94. The van der Waals surface area contributed by atoms with Crippen LogP contribution in [0.4, 0.5) is 0 Å². The average Bonchev–Trinajstić information content (AvgIpc) is 2.91. The second kappa shape index (κ2) is 13.9. The molecule has 3 aromatic carbocycles. The first-order valence-corrected chi connectivity index (χ1v) is 12.9. The summed E-state index contributed by atoms with van der Waals surface area (Å²) in [5.41, 5.74) is 1.49. The number of methoxy groups -OCH3 is 1. The fraction of sp³-hybridized carbons (Fsp3) is 0.310. The van der Waals surface area contributed by atoms with Gasteiger partial charge in [-0.05, 0) is 55.3 Å². The lowest BCUT2D eigenvalue weighted by Gasteiger charge is -2.32. The molecule has 0 unspecified atom stereocenters. The Balaban J connectivity index is 1.94. The molecule has 196 valence electrons. The molecule has 2 amide bonds. The van der Waals surface area contributed by atoms with Gasteiger partial charge < -0.3 is 19.7 Å². The van der Waals surface area contributed by atoms with E-state index in [0.717, 1.165) is 12.0 Å². The zero-order valence-electron chi connectivity index (χ0n) is 21.2. The lowest BCUT2D eigenvalue weighted by atomic mass is 10.0. The number of hydrogen-bond acceptors (Lipinski definition) is 4. The van der Waals surface area contributed by atoms with Crippen LogP contribution in [0.1, 0.15) is 31.4 Å². The summed E-state index contributed by atoms with van der Waals surface area (Å²) < 4.78 is 11.0. The van der Waals surface area contributed by atoms with Crippen molar-refractivity contribution in [3.63, 3.8) is 0 Å². The van der Waals surface area contributed by atoms with E-state index in [1.165, 1.54) is 4.90 Å². The van der Waals surface area contributed by atoms with Gasteiger partial charge >= 0.3 is 0 Å². The van der Waals surface area contributed by atoms with Gasteiger partial charge in [-0.25, -0.2) is 0 Å². The second-order valence-electron chi connectivity index (χ2n) is 8.71. The Bertz CT molecular complexity index is 1150. The minimum absolute atomic E-state index is 0.0503. The van der Waals surface area contributed by atoms with E-state index in [1.54, 1.807) is 49.6 Å². The fourth-order valence-electron chi connectivity index (χ4n) is 3.75. The van der Waals surface area contributed by atoms with Crippen molar-refractivity contribution >= 4 is 35.0 Å². The van der Waals surface area contributed by atoms with E-state index in [-0.39, 0.29) is 31.0 Å². The molecular formula is C29H32Cl2N2O4. The maximum Gasteiger partial charge on any atom is 0.261 e. The van der Waals surface area contributed by atoms with Gasteiger partial charge in [0.1, 0.15) is 17.5 Å². The van der Waals surface area contributed by atoms with E-state index in [2.05, 4.69) is 5.32 Å². The third kappa shape index (κ3) is 8.14. The first-order chi connectivity index (χ1) is 17.8. The van der Waals surface area contributed by atoms with Crippen LogP contribution >= 0.6 is 23.2 Å².